The zero-order chi connectivity index (χ0) is 9.84. The average Bonchev–Trinajstić information content (AvgIpc) is 2.16. The Bertz CT molecular complexity index is 314. The van der Waals surface area contributed by atoms with Crippen LogP contribution >= 0.6 is 11.6 Å². The molecule has 70 valence electrons. The molecule has 1 rings (SSSR count). The molecule has 0 aliphatic carbocycles. The third-order valence-electron chi connectivity index (χ3n) is 1.59. The van der Waals surface area contributed by atoms with Crippen molar-refractivity contribution in [1.82, 2.24) is 0 Å². The summed E-state index contributed by atoms with van der Waals surface area (Å²) in [5.41, 5.74) is 0.208. The number of benzene rings is 1. The highest BCUT2D eigenvalue weighted by Crippen LogP contribution is 2.23. The van der Waals surface area contributed by atoms with E-state index in [9.17, 15) is 9.18 Å². The molecule has 0 radical (unpaired) electrons. The number of carbonyl (C=O) groups is 1. The van der Waals surface area contributed by atoms with Gasteiger partial charge in [0.2, 0.25) is 0 Å². The SMILES string of the molecule is COc1cccc(C(F)C(=O)Cl)c1. The van der Waals surface area contributed by atoms with Crippen molar-refractivity contribution in [3.8, 4) is 5.75 Å². The van der Waals surface area contributed by atoms with Crippen LogP contribution in [-0.4, -0.2) is 12.4 Å². The molecule has 1 atom stereocenters. The molecule has 0 N–H and O–H groups in total. The number of carbonyl (C=O) groups excluding carboxylic acids is 1. The summed E-state index contributed by atoms with van der Waals surface area (Å²) in [7, 11) is 1.47. The molecule has 0 spiro atoms. The van der Waals surface area contributed by atoms with Gasteiger partial charge in [0, 0.05) is 0 Å². The van der Waals surface area contributed by atoms with Gasteiger partial charge in [0.25, 0.3) is 5.24 Å². The molecule has 0 fully saturated rings. The Morgan fingerprint density at radius 2 is 2.31 bits per heavy atom. The van der Waals surface area contributed by atoms with E-state index in [1.165, 1.54) is 19.2 Å². The number of hydrogen-bond acceptors (Lipinski definition) is 2. The smallest absolute Gasteiger partial charge is 0.260 e. The number of alkyl halides is 1. The van der Waals surface area contributed by atoms with Gasteiger partial charge in [-0.1, -0.05) is 12.1 Å². The fourth-order valence-corrected chi connectivity index (χ4v) is 1.06. The molecule has 1 aromatic carbocycles. The van der Waals surface area contributed by atoms with Crippen molar-refractivity contribution in [2.45, 2.75) is 6.17 Å². The van der Waals surface area contributed by atoms with E-state index >= 15 is 0 Å². The van der Waals surface area contributed by atoms with Crippen LogP contribution in [0.25, 0.3) is 0 Å². The number of halogens is 2. The first-order chi connectivity index (χ1) is 6.15. The standard InChI is InChI=1S/C9H8ClFO2/c1-13-7-4-2-3-6(5-7)8(11)9(10)12/h2-5,8H,1H3. The monoisotopic (exact) mass is 202 g/mol. The van der Waals surface area contributed by atoms with Gasteiger partial charge in [0.1, 0.15) is 5.75 Å². The minimum Gasteiger partial charge on any atom is -0.497 e. The summed E-state index contributed by atoms with van der Waals surface area (Å²) in [6.45, 7) is 0. The molecule has 0 saturated heterocycles. The molecule has 1 aromatic rings. The number of hydrogen-bond donors (Lipinski definition) is 0. The summed E-state index contributed by atoms with van der Waals surface area (Å²) in [6.07, 6.45) is -1.78. The zero-order valence-corrected chi connectivity index (χ0v) is 7.72. The lowest BCUT2D eigenvalue weighted by Crippen LogP contribution is -2.00. The second-order valence-corrected chi connectivity index (χ2v) is 2.82. The molecule has 0 heterocycles. The Hall–Kier alpha value is -1.09. The molecule has 4 heteroatoms. The highest BCUT2D eigenvalue weighted by Gasteiger charge is 2.17. The summed E-state index contributed by atoms with van der Waals surface area (Å²) >= 11 is 5.00. The first-order valence-corrected chi connectivity index (χ1v) is 4.00. The minimum absolute atomic E-state index is 0.208. The molecule has 0 aliphatic heterocycles. The van der Waals surface area contributed by atoms with Crippen LogP contribution < -0.4 is 4.74 Å². The van der Waals surface area contributed by atoms with E-state index in [0.717, 1.165) is 0 Å². The van der Waals surface area contributed by atoms with Crippen LogP contribution in [0, 0.1) is 0 Å². The molecule has 1 unspecified atom stereocenters. The molecule has 0 aliphatic rings. The van der Waals surface area contributed by atoms with Crippen molar-refractivity contribution in [3.05, 3.63) is 29.8 Å². The van der Waals surface area contributed by atoms with Gasteiger partial charge in [0.15, 0.2) is 6.17 Å². The number of ether oxygens (including phenoxy) is 1. The predicted octanol–water partition coefficient (Wildman–Crippen LogP) is 2.47. The molecule has 0 aromatic heterocycles. The van der Waals surface area contributed by atoms with Crippen molar-refractivity contribution in [2.75, 3.05) is 7.11 Å². The molecular weight excluding hydrogens is 195 g/mol. The number of rotatable bonds is 3. The van der Waals surface area contributed by atoms with Crippen molar-refractivity contribution in [1.29, 1.82) is 0 Å². The summed E-state index contributed by atoms with van der Waals surface area (Å²) in [5.74, 6) is 0.498. The average molecular weight is 203 g/mol. The second kappa shape index (κ2) is 4.23. The van der Waals surface area contributed by atoms with E-state index in [0.29, 0.717) is 5.75 Å². The fraction of sp³-hybridized carbons (Fsp3) is 0.222. The van der Waals surface area contributed by atoms with Gasteiger partial charge < -0.3 is 4.74 Å². The normalized spacial score (nSPS) is 12.2. The first-order valence-electron chi connectivity index (χ1n) is 3.62. The molecule has 0 amide bonds. The summed E-state index contributed by atoms with van der Waals surface area (Å²) in [4.78, 5) is 10.5. The van der Waals surface area contributed by atoms with Gasteiger partial charge in [-0.25, -0.2) is 4.39 Å². The third kappa shape index (κ3) is 2.42. The van der Waals surface area contributed by atoms with Gasteiger partial charge >= 0.3 is 0 Å². The van der Waals surface area contributed by atoms with E-state index < -0.39 is 11.4 Å². The maximum Gasteiger partial charge on any atom is 0.260 e. The summed E-state index contributed by atoms with van der Waals surface area (Å²) in [6, 6.07) is 6.17. The molecule has 0 saturated carbocycles. The molecule has 0 bridgehead atoms. The van der Waals surface area contributed by atoms with Crippen LogP contribution in [0.5, 0.6) is 5.75 Å². The lowest BCUT2D eigenvalue weighted by molar-refractivity contribution is -0.116. The van der Waals surface area contributed by atoms with Crippen molar-refractivity contribution >= 4 is 16.8 Å². The molecule has 2 nitrogen and oxygen atoms in total. The van der Waals surface area contributed by atoms with Crippen LogP contribution in [0.3, 0.4) is 0 Å². The molecular formula is C9H8ClFO2. The van der Waals surface area contributed by atoms with E-state index in [1.54, 1.807) is 12.1 Å². The fourth-order valence-electron chi connectivity index (χ4n) is 0.930. The maximum atomic E-state index is 13.0. The van der Waals surface area contributed by atoms with Crippen molar-refractivity contribution in [3.63, 3.8) is 0 Å². The van der Waals surface area contributed by atoms with Crippen LogP contribution in [0.1, 0.15) is 11.7 Å². The zero-order valence-electron chi connectivity index (χ0n) is 6.96. The summed E-state index contributed by atoms with van der Waals surface area (Å²) < 4.78 is 17.9. The van der Waals surface area contributed by atoms with E-state index in [4.69, 9.17) is 16.3 Å². The molecule has 13 heavy (non-hydrogen) atoms. The van der Waals surface area contributed by atoms with Gasteiger partial charge in [-0.05, 0) is 29.3 Å². The van der Waals surface area contributed by atoms with Crippen molar-refractivity contribution < 1.29 is 13.9 Å². The summed E-state index contributed by atoms with van der Waals surface area (Å²) in [5, 5.41) is -1.02. The van der Waals surface area contributed by atoms with Crippen LogP contribution in [0.15, 0.2) is 24.3 Å². The highest BCUT2D eigenvalue weighted by molar-refractivity contribution is 6.64. The van der Waals surface area contributed by atoms with E-state index in [-0.39, 0.29) is 5.56 Å². The van der Waals surface area contributed by atoms with Crippen LogP contribution in [0.2, 0.25) is 0 Å². The third-order valence-corrected chi connectivity index (χ3v) is 1.78. The first kappa shape index (κ1) is 9.99. The maximum absolute atomic E-state index is 13.0. The highest BCUT2D eigenvalue weighted by atomic mass is 35.5. The van der Waals surface area contributed by atoms with Gasteiger partial charge in [-0.15, -0.1) is 0 Å². The largest absolute Gasteiger partial charge is 0.497 e. The van der Waals surface area contributed by atoms with Crippen molar-refractivity contribution in [2.24, 2.45) is 0 Å². The minimum atomic E-state index is -1.78. The van der Waals surface area contributed by atoms with Crippen LogP contribution in [-0.2, 0) is 4.79 Å². The topological polar surface area (TPSA) is 26.3 Å². The Labute approximate surface area is 80.3 Å². The second-order valence-electron chi connectivity index (χ2n) is 2.44. The van der Waals surface area contributed by atoms with Gasteiger partial charge in [-0.2, -0.15) is 0 Å². The van der Waals surface area contributed by atoms with E-state index in [2.05, 4.69) is 0 Å². The Balaban J connectivity index is 2.94. The lowest BCUT2D eigenvalue weighted by Gasteiger charge is -2.05. The Kier molecular flexibility index (Phi) is 3.25. The lowest BCUT2D eigenvalue weighted by atomic mass is 10.1. The Morgan fingerprint density at radius 1 is 1.62 bits per heavy atom. The Morgan fingerprint density at radius 3 is 2.85 bits per heavy atom. The number of methoxy groups -OCH3 is 1. The quantitative estimate of drug-likeness (QED) is 0.704. The van der Waals surface area contributed by atoms with Crippen LogP contribution in [0.4, 0.5) is 4.39 Å². The predicted molar refractivity (Wildman–Crippen MR) is 47.7 cm³/mol. The van der Waals surface area contributed by atoms with E-state index in [1.807, 2.05) is 0 Å². The van der Waals surface area contributed by atoms with Gasteiger partial charge in [-0.3, -0.25) is 4.79 Å². The van der Waals surface area contributed by atoms with Gasteiger partial charge in [0.05, 0.1) is 7.11 Å².